The van der Waals surface area contributed by atoms with Gasteiger partial charge >= 0.3 is 0 Å². The summed E-state index contributed by atoms with van der Waals surface area (Å²) in [5.74, 6) is 0. The number of hydrogen-bond donors (Lipinski definition) is 1. The lowest BCUT2D eigenvalue weighted by Gasteiger charge is -2.17. The zero-order valence-electron chi connectivity index (χ0n) is 17.1. The minimum absolute atomic E-state index is 0.459. The second kappa shape index (κ2) is 7.10. The number of anilines is 1. The number of nitrogens with one attached hydrogen (secondary N) is 1. The highest BCUT2D eigenvalue weighted by atomic mass is 15.3. The summed E-state index contributed by atoms with van der Waals surface area (Å²) in [6.45, 7) is 13.0. The molecule has 0 radical (unpaired) electrons. The van der Waals surface area contributed by atoms with Crippen LogP contribution in [0.25, 0.3) is 22.3 Å². The topological polar surface area (TPSA) is 42.7 Å². The van der Waals surface area contributed by atoms with Gasteiger partial charge in [-0.25, -0.2) is 4.98 Å². The molecule has 4 nitrogen and oxygen atoms in total. The van der Waals surface area contributed by atoms with Crippen molar-refractivity contribution in [1.29, 1.82) is 0 Å². The Hall–Kier alpha value is -2.36. The van der Waals surface area contributed by atoms with Crippen LogP contribution in [0.5, 0.6) is 0 Å². The fourth-order valence-electron chi connectivity index (χ4n) is 3.95. The van der Waals surface area contributed by atoms with Crippen molar-refractivity contribution in [1.82, 2.24) is 14.8 Å². The van der Waals surface area contributed by atoms with E-state index in [4.69, 9.17) is 10.1 Å². The zero-order chi connectivity index (χ0) is 19.0. The molecule has 0 atom stereocenters. The quantitative estimate of drug-likeness (QED) is 0.663. The van der Waals surface area contributed by atoms with Crippen molar-refractivity contribution in [3.8, 4) is 11.3 Å². The van der Waals surface area contributed by atoms with Crippen LogP contribution in [0.3, 0.4) is 0 Å². The van der Waals surface area contributed by atoms with Crippen molar-refractivity contribution >= 4 is 16.7 Å². The SMILES string of the molecule is CCC(CC)Nc1cc(C)nc2c(-c3c(C)cc(C)cc3C)nn(C)c12. The fourth-order valence-corrected chi connectivity index (χ4v) is 3.95. The number of aryl methyl sites for hydroxylation is 5. The second-order valence-corrected chi connectivity index (χ2v) is 7.41. The van der Waals surface area contributed by atoms with Gasteiger partial charge in [-0.3, -0.25) is 4.68 Å². The van der Waals surface area contributed by atoms with Crippen molar-refractivity contribution in [2.24, 2.45) is 7.05 Å². The molecular weight excluding hydrogens is 320 g/mol. The lowest BCUT2D eigenvalue weighted by Crippen LogP contribution is -2.17. The van der Waals surface area contributed by atoms with Gasteiger partial charge in [-0.15, -0.1) is 0 Å². The molecule has 3 aromatic rings. The molecular formula is C22H30N4. The van der Waals surface area contributed by atoms with Gasteiger partial charge in [-0.05, 0) is 57.7 Å². The Labute approximate surface area is 156 Å². The zero-order valence-corrected chi connectivity index (χ0v) is 17.1. The molecule has 0 aliphatic rings. The molecule has 2 aromatic heterocycles. The van der Waals surface area contributed by atoms with E-state index in [2.05, 4.69) is 65.1 Å². The summed E-state index contributed by atoms with van der Waals surface area (Å²) in [7, 11) is 2.01. The van der Waals surface area contributed by atoms with Crippen LogP contribution < -0.4 is 5.32 Å². The molecule has 0 amide bonds. The van der Waals surface area contributed by atoms with Gasteiger partial charge in [0.2, 0.25) is 0 Å². The maximum absolute atomic E-state index is 4.89. The largest absolute Gasteiger partial charge is 0.380 e. The first-order valence-electron chi connectivity index (χ1n) is 9.54. The molecule has 0 aliphatic carbocycles. The lowest BCUT2D eigenvalue weighted by molar-refractivity contribution is 0.671. The Morgan fingerprint density at radius 3 is 2.19 bits per heavy atom. The Balaban J connectivity index is 2.26. The summed E-state index contributed by atoms with van der Waals surface area (Å²) in [5, 5.41) is 8.59. The number of aromatic nitrogens is 3. The van der Waals surface area contributed by atoms with Gasteiger partial charge in [0.25, 0.3) is 0 Å². The molecule has 0 aliphatic heterocycles. The molecule has 3 rings (SSSR count). The maximum atomic E-state index is 4.89. The van der Waals surface area contributed by atoms with Crippen molar-refractivity contribution < 1.29 is 0 Å². The standard InChI is InChI=1S/C22H30N4/c1-8-17(9-2)24-18-12-16(6)23-21-20(25-26(7)22(18)21)19-14(4)10-13(3)11-15(19)5/h10-12,17H,8-9H2,1-7H3,(H,23,24). The third-order valence-electron chi connectivity index (χ3n) is 5.18. The van der Waals surface area contributed by atoms with E-state index in [-0.39, 0.29) is 0 Å². The Bertz CT molecular complexity index is 925. The highest BCUT2D eigenvalue weighted by Gasteiger charge is 2.20. The molecule has 26 heavy (non-hydrogen) atoms. The Kier molecular flexibility index (Phi) is 5.03. The van der Waals surface area contributed by atoms with Crippen LogP contribution in [0.2, 0.25) is 0 Å². The third kappa shape index (κ3) is 3.20. The molecule has 0 bridgehead atoms. The summed E-state index contributed by atoms with van der Waals surface area (Å²) in [5.41, 5.74) is 10.2. The normalized spacial score (nSPS) is 11.5. The van der Waals surface area contributed by atoms with Crippen LogP contribution in [0.4, 0.5) is 5.69 Å². The average Bonchev–Trinajstić information content (AvgIpc) is 2.88. The number of pyridine rings is 1. The Morgan fingerprint density at radius 2 is 1.62 bits per heavy atom. The summed E-state index contributed by atoms with van der Waals surface area (Å²) in [6.07, 6.45) is 2.19. The first-order valence-corrected chi connectivity index (χ1v) is 9.54. The van der Waals surface area contributed by atoms with E-state index in [0.29, 0.717) is 6.04 Å². The van der Waals surface area contributed by atoms with E-state index in [1.807, 2.05) is 11.7 Å². The minimum Gasteiger partial charge on any atom is -0.380 e. The van der Waals surface area contributed by atoms with E-state index in [1.54, 1.807) is 0 Å². The van der Waals surface area contributed by atoms with E-state index in [0.717, 1.165) is 41.0 Å². The molecule has 1 aromatic carbocycles. The van der Waals surface area contributed by atoms with Crippen molar-refractivity contribution in [3.63, 3.8) is 0 Å². The number of fused-ring (bicyclic) bond motifs is 1. The minimum atomic E-state index is 0.459. The molecule has 0 unspecified atom stereocenters. The molecule has 1 N–H and O–H groups in total. The monoisotopic (exact) mass is 350 g/mol. The van der Waals surface area contributed by atoms with Gasteiger partial charge in [0, 0.05) is 24.3 Å². The first-order chi connectivity index (χ1) is 12.3. The smallest absolute Gasteiger partial charge is 0.119 e. The fraction of sp³-hybridized carbons (Fsp3) is 0.455. The molecule has 0 fully saturated rings. The van der Waals surface area contributed by atoms with E-state index in [9.17, 15) is 0 Å². The van der Waals surface area contributed by atoms with Gasteiger partial charge in [0.1, 0.15) is 16.7 Å². The predicted molar refractivity (Wildman–Crippen MR) is 111 cm³/mol. The predicted octanol–water partition coefficient (Wildman–Crippen LogP) is 5.47. The maximum Gasteiger partial charge on any atom is 0.119 e. The van der Waals surface area contributed by atoms with Crippen LogP contribution in [0.15, 0.2) is 18.2 Å². The van der Waals surface area contributed by atoms with Crippen LogP contribution in [-0.4, -0.2) is 20.8 Å². The average molecular weight is 351 g/mol. The molecule has 138 valence electrons. The van der Waals surface area contributed by atoms with Gasteiger partial charge in [0.15, 0.2) is 0 Å². The van der Waals surface area contributed by atoms with Crippen LogP contribution in [0, 0.1) is 27.7 Å². The van der Waals surface area contributed by atoms with Crippen LogP contribution in [-0.2, 0) is 7.05 Å². The molecule has 0 spiro atoms. The number of rotatable bonds is 5. The number of benzene rings is 1. The van der Waals surface area contributed by atoms with E-state index < -0.39 is 0 Å². The molecule has 0 saturated carbocycles. The van der Waals surface area contributed by atoms with Gasteiger partial charge < -0.3 is 5.32 Å². The number of hydrogen-bond acceptors (Lipinski definition) is 3. The molecule has 0 saturated heterocycles. The Morgan fingerprint density at radius 1 is 1.00 bits per heavy atom. The molecule has 4 heteroatoms. The van der Waals surface area contributed by atoms with Gasteiger partial charge in [-0.2, -0.15) is 5.10 Å². The first kappa shape index (κ1) is 18.4. The highest BCUT2D eigenvalue weighted by molar-refractivity contribution is 5.98. The van der Waals surface area contributed by atoms with E-state index in [1.165, 1.54) is 22.3 Å². The van der Waals surface area contributed by atoms with Crippen LogP contribution in [0.1, 0.15) is 49.1 Å². The number of nitrogens with zero attached hydrogens (tertiary/aromatic N) is 3. The summed E-state index contributed by atoms with van der Waals surface area (Å²) < 4.78 is 1.97. The van der Waals surface area contributed by atoms with E-state index >= 15 is 0 Å². The molecule has 2 heterocycles. The summed E-state index contributed by atoms with van der Waals surface area (Å²) in [6, 6.07) is 7.05. The van der Waals surface area contributed by atoms with Gasteiger partial charge in [-0.1, -0.05) is 31.5 Å². The van der Waals surface area contributed by atoms with Crippen molar-refractivity contribution in [2.75, 3.05) is 5.32 Å². The van der Waals surface area contributed by atoms with Gasteiger partial charge in [0.05, 0.1) is 5.69 Å². The summed E-state index contributed by atoms with van der Waals surface area (Å²) >= 11 is 0. The third-order valence-corrected chi connectivity index (χ3v) is 5.18. The van der Waals surface area contributed by atoms with Crippen LogP contribution >= 0.6 is 0 Å². The van der Waals surface area contributed by atoms with Crippen molar-refractivity contribution in [3.05, 3.63) is 40.6 Å². The highest BCUT2D eigenvalue weighted by Crippen LogP contribution is 2.35. The second-order valence-electron chi connectivity index (χ2n) is 7.41. The lowest BCUT2D eigenvalue weighted by atomic mass is 9.96. The summed E-state index contributed by atoms with van der Waals surface area (Å²) in [4.78, 5) is 4.87. The van der Waals surface area contributed by atoms with Crippen molar-refractivity contribution in [2.45, 2.75) is 60.4 Å².